The maximum Gasteiger partial charge on any atom is 0.320 e. The molecule has 0 saturated heterocycles. The van der Waals surface area contributed by atoms with Gasteiger partial charge in [0.15, 0.2) is 5.92 Å². The Hall–Kier alpha value is -1.06. The second-order valence-electron chi connectivity index (χ2n) is 2.81. The highest BCUT2D eigenvalue weighted by Crippen LogP contribution is 2.12. The van der Waals surface area contributed by atoms with Gasteiger partial charge in [0.2, 0.25) is 0 Å². The summed E-state index contributed by atoms with van der Waals surface area (Å²) in [6.45, 7) is 5.22. The second kappa shape index (κ2) is 4.74. The van der Waals surface area contributed by atoms with E-state index in [9.17, 15) is 9.59 Å². The molecule has 4 nitrogen and oxygen atoms in total. The molecular formula is C8H14O4. The molecule has 0 aromatic rings. The van der Waals surface area contributed by atoms with Gasteiger partial charge >= 0.3 is 11.9 Å². The van der Waals surface area contributed by atoms with E-state index in [-0.39, 0.29) is 12.5 Å². The monoisotopic (exact) mass is 174 g/mol. The van der Waals surface area contributed by atoms with Crippen LogP contribution >= 0.6 is 0 Å². The number of carbonyl (C=O) groups is 2. The van der Waals surface area contributed by atoms with Crippen molar-refractivity contribution in [1.82, 2.24) is 0 Å². The van der Waals surface area contributed by atoms with Crippen LogP contribution < -0.4 is 0 Å². The fourth-order valence-electron chi connectivity index (χ4n) is 0.890. The molecule has 0 amide bonds. The fraction of sp³-hybridized carbons (Fsp3) is 0.750. The zero-order valence-corrected chi connectivity index (χ0v) is 7.53. The molecule has 0 aliphatic heterocycles. The van der Waals surface area contributed by atoms with Crippen LogP contribution in [0.5, 0.6) is 0 Å². The van der Waals surface area contributed by atoms with Crippen molar-refractivity contribution >= 4 is 11.9 Å². The van der Waals surface area contributed by atoms with E-state index < -0.39 is 17.9 Å². The van der Waals surface area contributed by atoms with E-state index in [0.717, 1.165) is 0 Å². The first kappa shape index (κ1) is 10.9. The number of carbonyl (C=O) groups excluding carboxylic acids is 1. The van der Waals surface area contributed by atoms with E-state index in [0.29, 0.717) is 0 Å². The summed E-state index contributed by atoms with van der Waals surface area (Å²) in [6.07, 6.45) is 0. The molecule has 0 aliphatic rings. The minimum Gasteiger partial charge on any atom is -0.481 e. The SMILES string of the molecule is CCOC(=O)[C@H](C(=O)O)C(C)C. The number of ether oxygens (including phenoxy) is 1. The third kappa shape index (κ3) is 2.90. The number of esters is 1. The standard InChI is InChI=1S/C8H14O4/c1-4-12-8(11)6(5(2)3)7(9)10/h5-6H,4H2,1-3H3,(H,9,10)/t6-/m0/s1. The molecule has 0 unspecified atom stereocenters. The molecule has 0 radical (unpaired) electrons. The van der Waals surface area contributed by atoms with Crippen LogP contribution in [0.4, 0.5) is 0 Å². The van der Waals surface area contributed by atoms with Crippen molar-refractivity contribution in [3.63, 3.8) is 0 Å². The molecule has 0 bridgehead atoms. The summed E-state index contributed by atoms with van der Waals surface area (Å²) in [5.41, 5.74) is 0. The summed E-state index contributed by atoms with van der Waals surface area (Å²) >= 11 is 0. The number of carboxylic acids is 1. The molecule has 0 aromatic heterocycles. The zero-order chi connectivity index (χ0) is 9.72. The van der Waals surface area contributed by atoms with Crippen LogP contribution in [-0.4, -0.2) is 23.7 Å². The Morgan fingerprint density at radius 1 is 1.42 bits per heavy atom. The van der Waals surface area contributed by atoms with Crippen LogP contribution in [0.2, 0.25) is 0 Å². The van der Waals surface area contributed by atoms with Crippen molar-refractivity contribution in [2.45, 2.75) is 20.8 Å². The summed E-state index contributed by atoms with van der Waals surface area (Å²) in [5, 5.41) is 8.64. The quantitative estimate of drug-likeness (QED) is 0.508. The summed E-state index contributed by atoms with van der Waals surface area (Å²) in [5.74, 6) is -3.05. The first-order valence-electron chi connectivity index (χ1n) is 3.90. The topological polar surface area (TPSA) is 63.6 Å². The van der Waals surface area contributed by atoms with Gasteiger partial charge in [0.05, 0.1) is 6.61 Å². The molecule has 1 atom stereocenters. The molecule has 0 saturated carbocycles. The summed E-state index contributed by atoms with van der Waals surface area (Å²) in [6, 6.07) is 0. The molecule has 0 aromatic carbocycles. The van der Waals surface area contributed by atoms with Crippen LogP contribution in [0.25, 0.3) is 0 Å². The molecule has 1 N–H and O–H groups in total. The molecule has 0 fully saturated rings. The first-order valence-corrected chi connectivity index (χ1v) is 3.90. The van der Waals surface area contributed by atoms with Crippen molar-refractivity contribution < 1.29 is 19.4 Å². The van der Waals surface area contributed by atoms with Gasteiger partial charge in [-0.2, -0.15) is 0 Å². The maximum absolute atomic E-state index is 11.0. The lowest BCUT2D eigenvalue weighted by Crippen LogP contribution is -2.30. The Morgan fingerprint density at radius 2 is 1.92 bits per heavy atom. The molecule has 0 heterocycles. The first-order chi connectivity index (χ1) is 5.50. The highest BCUT2D eigenvalue weighted by molar-refractivity contribution is 5.94. The molecular weight excluding hydrogens is 160 g/mol. The van der Waals surface area contributed by atoms with Gasteiger partial charge in [0, 0.05) is 0 Å². The highest BCUT2D eigenvalue weighted by atomic mass is 16.5. The fourth-order valence-corrected chi connectivity index (χ4v) is 0.890. The van der Waals surface area contributed by atoms with Gasteiger partial charge in [0.25, 0.3) is 0 Å². The Kier molecular flexibility index (Phi) is 4.33. The minimum absolute atomic E-state index is 0.218. The predicted molar refractivity (Wildman–Crippen MR) is 42.6 cm³/mol. The lowest BCUT2D eigenvalue weighted by molar-refractivity contribution is -0.160. The summed E-state index contributed by atoms with van der Waals surface area (Å²) in [7, 11) is 0. The minimum atomic E-state index is -1.12. The Morgan fingerprint density at radius 3 is 2.17 bits per heavy atom. The lowest BCUT2D eigenvalue weighted by Gasteiger charge is -2.13. The molecule has 70 valence electrons. The molecule has 0 aliphatic carbocycles. The van der Waals surface area contributed by atoms with E-state index in [4.69, 9.17) is 5.11 Å². The smallest absolute Gasteiger partial charge is 0.320 e. The molecule has 0 rings (SSSR count). The zero-order valence-electron chi connectivity index (χ0n) is 7.53. The summed E-state index contributed by atoms with van der Waals surface area (Å²) in [4.78, 5) is 21.6. The Balaban J connectivity index is 4.30. The van der Waals surface area contributed by atoms with E-state index in [1.165, 1.54) is 0 Å². The third-order valence-corrected chi connectivity index (χ3v) is 1.47. The number of carboxylic acid groups (broad SMARTS) is 1. The van der Waals surface area contributed by atoms with Gasteiger partial charge in [-0.05, 0) is 12.8 Å². The van der Waals surface area contributed by atoms with Gasteiger partial charge in [-0.3, -0.25) is 9.59 Å². The highest BCUT2D eigenvalue weighted by Gasteiger charge is 2.30. The van der Waals surface area contributed by atoms with E-state index in [1.54, 1.807) is 20.8 Å². The normalized spacial score (nSPS) is 12.7. The van der Waals surface area contributed by atoms with Crippen molar-refractivity contribution in [2.24, 2.45) is 11.8 Å². The largest absolute Gasteiger partial charge is 0.481 e. The van der Waals surface area contributed by atoms with Gasteiger partial charge < -0.3 is 9.84 Å². The lowest BCUT2D eigenvalue weighted by atomic mass is 9.96. The summed E-state index contributed by atoms with van der Waals surface area (Å²) < 4.78 is 4.61. The van der Waals surface area contributed by atoms with E-state index >= 15 is 0 Å². The van der Waals surface area contributed by atoms with E-state index in [1.807, 2.05) is 0 Å². The second-order valence-corrected chi connectivity index (χ2v) is 2.81. The number of rotatable bonds is 4. The number of hydrogen-bond donors (Lipinski definition) is 1. The Labute approximate surface area is 71.5 Å². The van der Waals surface area contributed by atoms with Crippen molar-refractivity contribution in [3.05, 3.63) is 0 Å². The van der Waals surface area contributed by atoms with Crippen LogP contribution in [0.3, 0.4) is 0 Å². The van der Waals surface area contributed by atoms with Crippen molar-refractivity contribution in [2.75, 3.05) is 6.61 Å². The van der Waals surface area contributed by atoms with Crippen LogP contribution in [0, 0.1) is 11.8 Å². The number of hydrogen-bond acceptors (Lipinski definition) is 3. The maximum atomic E-state index is 11.0. The van der Waals surface area contributed by atoms with Crippen LogP contribution in [0.15, 0.2) is 0 Å². The van der Waals surface area contributed by atoms with Gasteiger partial charge in [-0.1, -0.05) is 13.8 Å². The van der Waals surface area contributed by atoms with Gasteiger partial charge in [0.1, 0.15) is 0 Å². The van der Waals surface area contributed by atoms with Crippen molar-refractivity contribution in [1.29, 1.82) is 0 Å². The van der Waals surface area contributed by atoms with Crippen LogP contribution in [-0.2, 0) is 14.3 Å². The van der Waals surface area contributed by atoms with Gasteiger partial charge in [-0.15, -0.1) is 0 Å². The van der Waals surface area contributed by atoms with Crippen LogP contribution in [0.1, 0.15) is 20.8 Å². The van der Waals surface area contributed by atoms with Crippen molar-refractivity contribution in [3.8, 4) is 0 Å². The van der Waals surface area contributed by atoms with Gasteiger partial charge in [-0.25, -0.2) is 0 Å². The Bertz CT molecular complexity index is 174. The average molecular weight is 174 g/mol. The number of aliphatic carboxylic acids is 1. The molecule has 4 heteroatoms. The molecule has 0 spiro atoms. The average Bonchev–Trinajstić information content (AvgIpc) is 1.85. The molecule has 12 heavy (non-hydrogen) atoms. The van der Waals surface area contributed by atoms with E-state index in [2.05, 4.69) is 4.74 Å². The predicted octanol–water partition coefficient (Wildman–Crippen LogP) is 0.906. The third-order valence-electron chi connectivity index (χ3n) is 1.47.